The van der Waals surface area contributed by atoms with E-state index in [2.05, 4.69) is 83.3 Å². The highest BCUT2D eigenvalue weighted by molar-refractivity contribution is 7.84. The van der Waals surface area contributed by atoms with Crippen LogP contribution in [0.15, 0.2) is 47.9 Å². The van der Waals surface area contributed by atoms with E-state index in [-0.39, 0.29) is 0 Å². The highest BCUT2D eigenvalue weighted by atomic mass is 32.1. The van der Waals surface area contributed by atoms with Crippen LogP contribution in [0.2, 0.25) is 0 Å². The summed E-state index contributed by atoms with van der Waals surface area (Å²) in [5.74, 6) is 0. The molecule has 0 radical (unpaired) electrons. The van der Waals surface area contributed by atoms with Crippen molar-refractivity contribution in [1.82, 2.24) is 0 Å². The Morgan fingerprint density at radius 3 is 1.55 bits per heavy atom. The quantitative estimate of drug-likeness (QED) is 0.554. The summed E-state index contributed by atoms with van der Waals surface area (Å²) in [6, 6.07) is 12.9. The van der Waals surface area contributed by atoms with Crippen molar-refractivity contribution in [2.75, 3.05) is 0 Å². The lowest BCUT2D eigenvalue weighted by atomic mass is 10.0. The van der Waals surface area contributed by atoms with E-state index in [9.17, 15) is 0 Å². The fraction of sp³-hybridized carbons (Fsp3) is 0.368. The van der Waals surface area contributed by atoms with Gasteiger partial charge in [-0.05, 0) is 47.6 Å². The highest BCUT2D eigenvalue weighted by Gasteiger charge is 1.97. The Kier molecular flexibility index (Phi) is 9.92. The van der Waals surface area contributed by atoms with Gasteiger partial charge in [0.25, 0.3) is 0 Å². The normalized spacial score (nSPS) is 9.10. The van der Waals surface area contributed by atoms with Crippen LogP contribution in [0.1, 0.15) is 44.7 Å². The number of benzene rings is 2. The first-order valence-electron chi connectivity index (χ1n) is 7.23. The molecule has 0 aliphatic carbocycles. The number of allylic oxidation sites excluding steroid dienone is 1. The minimum Gasteiger partial charge on any atom is -0.149 e. The number of hydrogen-bond acceptors (Lipinski definition) is 1. The van der Waals surface area contributed by atoms with Gasteiger partial charge < -0.3 is 0 Å². The van der Waals surface area contributed by atoms with E-state index >= 15 is 0 Å². The minimum atomic E-state index is 0.861. The van der Waals surface area contributed by atoms with Gasteiger partial charge in [-0.1, -0.05) is 69.7 Å². The van der Waals surface area contributed by atoms with E-state index in [0.29, 0.717) is 0 Å². The van der Waals surface area contributed by atoms with Crippen LogP contribution in [0.5, 0.6) is 0 Å². The molecule has 0 heterocycles. The Bertz CT molecular complexity index is 484. The van der Waals surface area contributed by atoms with E-state index in [1.807, 2.05) is 6.92 Å². The monoisotopic (exact) mass is 288 g/mol. The maximum Gasteiger partial charge on any atom is -0.0125 e. The molecular weight excluding hydrogens is 260 g/mol. The summed E-state index contributed by atoms with van der Waals surface area (Å²) < 4.78 is 0. The maximum atomic E-state index is 3.77. The molecule has 2 aromatic rings. The smallest absolute Gasteiger partial charge is 0.0125 e. The van der Waals surface area contributed by atoms with Crippen molar-refractivity contribution in [3.05, 3.63) is 59.0 Å². The van der Waals surface area contributed by atoms with E-state index in [1.165, 1.54) is 34.7 Å². The summed E-state index contributed by atoms with van der Waals surface area (Å²) in [6.07, 6.45) is 2.64. The molecule has 0 aromatic heterocycles. The molecule has 110 valence electrons. The molecule has 0 fully saturated rings. The third kappa shape index (κ3) is 7.40. The van der Waals surface area contributed by atoms with Gasteiger partial charge in [-0.25, -0.2) is 0 Å². The summed E-state index contributed by atoms with van der Waals surface area (Å²) in [6.45, 7) is 13.9. The van der Waals surface area contributed by atoms with Gasteiger partial charge >= 0.3 is 0 Å². The summed E-state index contributed by atoms with van der Waals surface area (Å²) in [5, 5.41) is 2.75. The average Bonchev–Trinajstić information content (AvgIpc) is 2.39. The molecule has 0 saturated carbocycles. The van der Waals surface area contributed by atoms with Crippen molar-refractivity contribution in [1.29, 1.82) is 0 Å². The Morgan fingerprint density at radius 2 is 1.30 bits per heavy atom. The van der Waals surface area contributed by atoms with Crippen LogP contribution in [0.4, 0.5) is 0 Å². The number of hydrogen-bond donors (Lipinski definition) is 1. The van der Waals surface area contributed by atoms with Gasteiger partial charge in [-0.15, -0.1) is 12.6 Å². The second-order valence-electron chi connectivity index (χ2n) is 4.98. The third-order valence-corrected chi connectivity index (χ3v) is 2.82. The topological polar surface area (TPSA) is 0 Å². The van der Waals surface area contributed by atoms with Gasteiger partial charge in [-0.3, -0.25) is 0 Å². The zero-order valence-electron chi connectivity index (χ0n) is 13.5. The van der Waals surface area contributed by atoms with Crippen LogP contribution in [-0.4, -0.2) is 0 Å². The number of thiol groups is 1. The lowest BCUT2D eigenvalue weighted by Gasteiger charge is -2.04. The molecule has 0 unspecified atom stereocenters. The van der Waals surface area contributed by atoms with Gasteiger partial charge in [0.1, 0.15) is 0 Å². The first-order chi connectivity index (χ1) is 9.43. The fourth-order valence-electron chi connectivity index (χ4n) is 1.75. The zero-order chi connectivity index (χ0) is 15.5. The highest BCUT2D eigenvalue weighted by Crippen LogP contribution is 2.21. The Labute approximate surface area is 130 Å². The van der Waals surface area contributed by atoms with Crippen LogP contribution < -0.4 is 0 Å². The molecule has 0 nitrogen and oxygen atoms in total. The first kappa shape index (κ1) is 18.8. The van der Waals surface area contributed by atoms with Gasteiger partial charge in [0.05, 0.1) is 0 Å². The van der Waals surface area contributed by atoms with Crippen LogP contribution in [-0.2, 0) is 0 Å². The Balaban J connectivity index is 0.000000380. The molecule has 0 N–H and O–H groups in total. The van der Waals surface area contributed by atoms with Crippen molar-refractivity contribution in [2.45, 2.75) is 47.5 Å². The first-order valence-corrected chi connectivity index (χ1v) is 7.68. The summed E-state index contributed by atoms with van der Waals surface area (Å²) in [5.41, 5.74) is 2.73. The lowest BCUT2D eigenvalue weighted by molar-refractivity contribution is 0.886. The molecule has 0 aliphatic heterocycles. The van der Waals surface area contributed by atoms with Crippen LogP contribution in [0, 0.1) is 13.8 Å². The number of rotatable bonds is 1. The number of unbranched alkanes of at least 4 members (excludes halogenated alkanes) is 1. The van der Waals surface area contributed by atoms with Crippen molar-refractivity contribution in [2.24, 2.45) is 0 Å². The molecule has 0 spiro atoms. The molecule has 0 atom stereocenters. The minimum absolute atomic E-state index is 0.861. The molecule has 1 heteroatoms. The Hall–Kier alpha value is -1.21. The van der Waals surface area contributed by atoms with Crippen molar-refractivity contribution in [3.8, 4) is 0 Å². The predicted octanol–water partition coefficient (Wildman–Crippen LogP) is 6.71. The molecule has 0 bridgehead atoms. The molecule has 20 heavy (non-hydrogen) atoms. The van der Waals surface area contributed by atoms with Crippen molar-refractivity contribution >= 4 is 23.4 Å². The standard InChI is InChI=1S/C12H12.C4H10.C3H6S/c1-9-5-3-7-11-8-4-6-10(2)12(9)11;1-3-4-2;1-3(2)4/h3-8H,1-2H3;3-4H2,1-2H3;4H,1H2,2H3. The largest absolute Gasteiger partial charge is 0.149 e. The molecule has 0 amide bonds. The second kappa shape index (κ2) is 10.6. The van der Waals surface area contributed by atoms with Gasteiger partial charge in [0.2, 0.25) is 0 Å². The Morgan fingerprint density at radius 1 is 0.950 bits per heavy atom. The lowest BCUT2D eigenvalue weighted by Crippen LogP contribution is -1.81. The fourth-order valence-corrected chi connectivity index (χ4v) is 1.75. The van der Waals surface area contributed by atoms with Crippen LogP contribution in [0.3, 0.4) is 0 Å². The number of fused-ring (bicyclic) bond motifs is 1. The predicted molar refractivity (Wildman–Crippen MR) is 97.8 cm³/mol. The van der Waals surface area contributed by atoms with Crippen molar-refractivity contribution in [3.63, 3.8) is 0 Å². The van der Waals surface area contributed by atoms with E-state index < -0.39 is 0 Å². The van der Waals surface area contributed by atoms with Gasteiger partial charge in [0, 0.05) is 0 Å². The van der Waals surface area contributed by atoms with Crippen LogP contribution in [0.25, 0.3) is 10.8 Å². The third-order valence-electron chi connectivity index (χ3n) is 2.82. The molecule has 0 aliphatic rings. The van der Waals surface area contributed by atoms with Gasteiger partial charge in [-0.2, -0.15) is 0 Å². The summed E-state index contributed by atoms with van der Waals surface area (Å²) in [4.78, 5) is 0.861. The van der Waals surface area contributed by atoms with E-state index in [0.717, 1.165) is 4.91 Å². The molecule has 2 rings (SSSR count). The zero-order valence-corrected chi connectivity index (χ0v) is 14.4. The van der Waals surface area contributed by atoms with E-state index in [1.54, 1.807) is 0 Å². The van der Waals surface area contributed by atoms with E-state index in [4.69, 9.17) is 0 Å². The molecule has 2 aromatic carbocycles. The van der Waals surface area contributed by atoms with Crippen molar-refractivity contribution < 1.29 is 0 Å². The second-order valence-corrected chi connectivity index (χ2v) is 5.75. The number of aryl methyl sites for hydroxylation is 2. The average molecular weight is 289 g/mol. The molecular formula is C19H28S. The van der Waals surface area contributed by atoms with Crippen LogP contribution >= 0.6 is 12.6 Å². The summed E-state index contributed by atoms with van der Waals surface area (Å²) >= 11 is 3.77. The molecule has 0 saturated heterocycles. The summed E-state index contributed by atoms with van der Waals surface area (Å²) in [7, 11) is 0. The van der Waals surface area contributed by atoms with Gasteiger partial charge in [0.15, 0.2) is 0 Å². The maximum absolute atomic E-state index is 3.77. The SMILES string of the molecule is C=C(C)S.CCCC.Cc1cccc2cccc(C)c12.